The summed E-state index contributed by atoms with van der Waals surface area (Å²) in [6.45, 7) is -1.49. The van der Waals surface area contributed by atoms with Crippen molar-refractivity contribution >= 4 is 12.0 Å². The molecular weight excluding hydrogens is 720 g/mol. The normalized spacial score (nSPS) is 16.7. The van der Waals surface area contributed by atoms with Crippen molar-refractivity contribution in [2.75, 3.05) is 45.9 Å². The molecule has 0 radical (unpaired) electrons. The van der Waals surface area contributed by atoms with Crippen molar-refractivity contribution in [3.63, 3.8) is 0 Å². The zero-order chi connectivity index (χ0) is 40.9. The smallest absolute Gasteiger partial charge is 0.404 e. The molecule has 0 aliphatic carbocycles. The summed E-state index contributed by atoms with van der Waals surface area (Å²) >= 11 is 0. The highest BCUT2D eigenvalue weighted by molar-refractivity contribution is 5.81. The van der Waals surface area contributed by atoms with Crippen LogP contribution in [0.15, 0.2) is 48.5 Å². The van der Waals surface area contributed by atoms with Crippen LogP contribution in [0.2, 0.25) is 0 Å². The van der Waals surface area contributed by atoms with Gasteiger partial charge >= 0.3 is 6.09 Å². The summed E-state index contributed by atoms with van der Waals surface area (Å²) < 4.78 is 0. The van der Waals surface area contributed by atoms with Crippen molar-refractivity contribution < 1.29 is 65.8 Å². The lowest BCUT2D eigenvalue weighted by molar-refractivity contribution is -0.130. The van der Waals surface area contributed by atoms with Crippen LogP contribution in [0, 0.1) is 0 Å². The van der Waals surface area contributed by atoms with Gasteiger partial charge in [0, 0.05) is 26.2 Å². The van der Waals surface area contributed by atoms with Gasteiger partial charge in [0.2, 0.25) is 5.91 Å². The van der Waals surface area contributed by atoms with Gasteiger partial charge in [0.05, 0.1) is 31.5 Å². The van der Waals surface area contributed by atoms with Gasteiger partial charge in [0.1, 0.15) is 36.6 Å². The number of carbonyl (C=O) groups excluding carboxylic acids is 1. The highest BCUT2D eigenvalue weighted by Gasteiger charge is 2.34. The Labute approximate surface area is 321 Å². The minimum absolute atomic E-state index is 0.138. The third-order valence-corrected chi connectivity index (χ3v) is 9.47. The van der Waals surface area contributed by atoms with Gasteiger partial charge in [-0.05, 0) is 73.7 Å². The maximum Gasteiger partial charge on any atom is 0.404 e. The van der Waals surface area contributed by atoms with E-state index in [0.717, 1.165) is 42.4 Å². The molecule has 0 bridgehead atoms. The van der Waals surface area contributed by atoms with Crippen LogP contribution in [-0.2, 0) is 17.6 Å². The van der Waals surface area contributed by atoms with E-state index in [1.54, 1.807) is 0 Å². The van der Waals surface area contributed by atoms with E-state index >= 15 is 0 Å². The molecule has 9 atom stereocenters. The Hall–Kier alpha value is -3.30. The van der Waals surface area contributed by atoms with E-state index in [1.165, 1.54) is 10.5 Å². The van der Waals surface area contributed by atoms with E-state index < -0.39 is 74.2 Å². The minimum Gasteiger partial charge on any atom is -0.465 e. The Kier molecular flexibility index (Phi) is 22.4. The van der Waals surface area contributed by atoms with Crippen molar-refractivity contribution in [1.29, 1.82) is 0 Å². The van der Waals surface area contributed by atoms with Crippen molar-refractivity contribution in [2.24, 2.45) is 5.73 Å². The van der Waals surface area contributed by atoms with Gasteiger partial charge in [0.15, 0.2) is 0 Å². The molecule has 2 aromatic carbocycles. The molecule has 0 heterocycles. The number of amides is 2. The molecule has 0 aromatic heterocycles. The van der Waals surface area contributed by atoms with Gasteiger partial charge in [-0.25, -0.2) is 4.79 Å². The lowest BCUT2D eigenvalue weighted by Gasteiger charge is -2.33. The average Bonchev–Trinajstić information content (AvgIpc) is 3.19. The van der Waals surface area contributed by atoms with E-state index in [-0.39, 0.29) is 25.5 Å². The van der Waals surface area contributed by atoms with Gasteiger partial charge < -0.3 is 72.5 Å². The quantitative estimate of drug-likeness (QED) is 0.0403. The molecule has 0 spiro atoms. The molecule has 2 amide bonds. The summed E-state index contributed by atoms with van der Waals surface area (Å²) in [5, 5.41) is 113. The average molecular weight is 783 g/mol. The van der Waals surface area contributed by atoms with Gasteiger partial charge in [-0.3, -0.25) is 9.69 Å². The fourth-order valence-corrected chi connectivity index (χ4v) is 5.97. The number of benzene rings is 2. The van der Waals surface area contributed by atoms with E-state index in [1.807, 2.05) is 0 Å². The second kappa shape index (κ2) is 25.8. The molecule has 15 N–H and O–H groups in total. The van der Waals surface area contributed by atoms with E-state index in [0.29, 0.717) is 38.8 Å². The Bertz CT molecular complexity index is 1330. The third-order valence-electron chi connectivity index (χ3n) is 9.47. The summed E-state index contributed by atoms with van der Waals surface area (Å²) in [5.41, 5.74) is 10.6. The maximum absolute atomic E-state index is 12.6. The SMILES string of the molecule is NC(CCCCN(C[C@H](O)[C@@H](O)[C@H](O)[C@H](O)CO)C[C@H](O)[C@@H](O)[C@H](O)[C@H](O)CO)C(=O)NCCCc1ccc(-c2ccc(CCCCNC(=O)O)cc2)cc1. The summed E-state index contributed by atoms with van der Waals surface area (Å²) in [5.74, 6) is -0.322. The Morgan fingerprint density at radius 3 is 1.47 bits per heavy atom. The number of carboxylic acid groups (broad SMARTS) is 1. The van der Waals surface area contributed by atoms with Crippen molar-refractivity contribution in [3.05, 3.63) is 59.7 Å². The van der Waals surface area contributed by atoms with E-state index in [4.69, 9.17) is 21.1 Å². The monoisotopic (exact) mass is 782 g/mol. The first-order chi connectivity index (χ1) is 26.2. The van der Waals surface area contributed by atoms with E-state index in [9.17, 15) is 50.4 Å². The number of nitrogens with one attached hydrogen (secondary N) is 2. The Morgan fingerprint density at radius 1 is 0.582 bits per heavy atom. The van der Waals surface area contributed by atoms with Crippen molar-refractivity contribution in [2.45, 2.75) is 106 Å². The first-order valence-electron chi connectivity index (χ1n) is 18.7. The fraction of sp³-hybridized carbons (Fsp3) is 0.632. The number of aliphatic hydroxyl groups excluding tert-OH is 10. The number of aryl methyl sites for hydroxylation is 2. The molecule has 2 aromatic rings. The molecule has 0 aliphatic heterocycles. The zero-order valence-corrected chi connectivity index (χ0v) is 31.2. The minimum atomic E-state index is -1.88. The highest BCUT2D eigenvalue weighted by Crippen LogP contribution is 2.21. The number of nitrogens with zero attached hydrogens (tertiary/aromatic N) is 1. The third kappa shape index (κ3) is 17.6. The molecule has 0 saturated carbocycles. The number of aliphatic hydroxyl groups is 10. The first-order valence-corrected chi connectivity index (χ1v) is 18.7. The van der Waals surface area contributed by atoms with Crippen molar-refractivity contribution in [1.82, 2.24) is 15.5 Å². The molecule has 17 heteroatoms. The number of nitrogens with two attached hydrogens (primary N) is 1. The second-order valence-electron chi connectivity index (χ2n) is 13.9. The predicted molar refractivity (Wildman–Crippen MR) is 203 cm³/mol. The second-order valence-corrected chi connectivity index (χ2v) is 13.9. The molecule has 1 unspecified atom stereocenters. The lowest BCUT2D eigenvalue weighted by atomic mass is 9.99. The standard InChI is InChI=1S/C38H62N4O13/c39-28(8-2-4-19-42(20-29(45)33(49)35(51)31(47)22-43)21-30(46)34(50)36(52)32(48)23-44)37(53)40-18-5-7-25-11-15-27(16-12-25)26-13-9-24(10-14-26)6-1-3-17-41-38(54)55/h9-16,28-36,41,43-52H,1-8,17-23,39H2,(H,40,53)(H,54,55)/t28?,29-,30-,31+,32+,33+,34+,35+,36+/m0/s1. The summed E-state index contributed by atoms with van der Waals surface area (Å²) in [6.07, 6.45) is -10.2. The number of carbonyl (C=O) groups is 2. The summed E-state index contributed by atoms with van der Waals surface area (Å²) in [4.78, 5) is 24.6. The van der Waals surface area contributed by atoms with Crippen LogP contribution in [0.4, 0.5) is 4.79 Å². The highest BCUT2D eigenvalue weighted by atomic mass is 16.4. The molecule has 55 heavy (non-hydrogen) atoms. The number of hydrogen-bond donors (Lipinski definition) is 14. The predicted octanol–water partition coefficient (Wildman–Crippen LogP) is -2.34. The molecule has 0 fully saturated rings. The van der Waals surface area contributed by atoms with Crippen LogP contribution < -0.4 is 16.4 Å². The molecule has 17 nitrogen and oxygen atoms in total. The van der Waals surface area contributed by atoms with Crippen LogP contribution in [-0.4, -0.2) is 174 Å². The molecule has 2 rings (SSSR count). The van der Waals surface area contributed by atoms with Gasteiger partial charge in [-0.2, -0.15) is 0 Å². The first kappa shape index (κ1) is 47.9. The lowest BCUT2D eigenvalue weighted by Crippen LogP contribution is -2.53. The molecule has 312 valence electrons. The van der Waals surface area contributed by atoms with E-state index in [2.05, 4.69) is 59.2 Å². The Balaban J connectivity index is 1.78. The molecule has 0 aliphatic rings. The van der Waals surface area contributed by atoms with Crippen LogP contribution in [0.1, 0.15) is 49.7 Å². The molecule has 0 saturated heterocycles. The number of hydrogen-bond acceptors (Lipinski definition) is 14. The topological polar surface area (TPSA) is 310 Å². The zero-order valence-electron chi connectivity index (χ0n) is 31.2. The van der Waals surface area contributed by atoms with Crippen molar-refractivity contribution in [3.8, 4) is 11.1 Å². The van der Waals surface area contributed by atoms with Crippen LogP contribution in [0.3, 0.4) is 0 Å². The van der Waals surface area contributed by atoms with Gasteiger partial charge in [0.25, 0.3) is 0 Å². The van der Waals surface area contributed by atoms with Gasteiger partial charge in [-0.15, -0.1) is 0 Å². The summed E-state index contributed by atoms with van der Waals surface area (Å²) in [7, 11) is 0. The number of rotatable bonds is 28. The van der Waals surface area contributed by atoms with Crippen LogP contribution >= 0.6 is 0 Å². The van der Waals surface area contributed by atoms with Crippen LogP contribution in [0.25, 0.3) is 11.1 Å². The molecular formula is C38H62N4O13. The van der Waals surface area contributed by atoms with Crippen LogP contribution in [0.5, 0.6) is 0 Å². The summed E-state index contributed by atoms with van der Waals surface area (Å²) in [6, 6.07) is 15.7. The maximum atomic E-state index is 12.6. The fourth-order valence-electron chi connectivity index (χ4n) is 5.97. The van der Waals surface area contributed by atoms with Gasteiger partial charge in [-0.1, -0.05) is 55.0 Å². The number of unbranched alkanes of at least 4 members (excludes halogenated alkanes) is 2. The largest absolute Gasteiger partial charge is 0.465 e. The Morgan fingerprint density at radius 2 is 1.02 bits per heavy atom.